The Morgan fingerprint density at radius 1 is 1.42 bits per heavy atom. The summed E-state index contributed by atoms with van der Waals surface area (Å²) in [5.74, 6) is 0.896. The lowest BCUT2D eigenvalue weighted by molar-refractivity contribution is 0.353. The van der Waals surface area contributed by atoms with E-state index in [1.807, 2.05) is 29.3 Å². The molecule has 0 spiro atoms. The van der Waals surface area contributed by atoms with Crippen LogP contribution < -0.4 is 5.32 Å². The highest BCUT2D eigenvalue weighted by Crippen LogP contribution is 2.24. The Morgan fingerprint density at radius 3 is 2.88 bits per heavy atom. The number of nitrogens with zero attached hydrogens (tertiary/aromatic N) is 2. The quantitative estimate of drug-likeness (QED) is 0.617. The Kier molecular flexibility index (Phi) is 5.21. The van der Waals surface area contributed by atoms with Gasteiger partial charge in [-0.3, -0.25) is 4.99 Å². The number of aromatic amines is 1. The van der Waals surface area contributed by atoms with Crippen LogP contribution in [0.15, 0.2) is 29.4 Å². The summed E-state index contributed by atoms with van der Waals surface area (Å²) in [6, 6.07) is 5.82. The first-order chi connectivity index (χ1) is 12.2. The molecule has 0 unspecified atom stereocenters. The number of sulfone groups is 1. The minimum Gasteiger partial charge on any atom is -0.361 e. The summed E-state index contributed by atoms with van der Waals surface area (Å²) in [5, 5.41) is 5.20. The van der Waals surface area contributed by atoms with Crippen molar-refractivity contribution in [2.24, 2.45) is 4.99 Å². The lowest BCUT2D eigenvalue weighted by Gasteiger charge is -2.39. The predicted molar refractivity (Wildman–Crippen MR) is 108 cm³/mol. The van der Waals surface area contributed by atoms with Gasteiger partial charge < -0.3 is 15.2 Å². The third-order valence-corrected chi connectivity index (χ3v) is 7.73. The zero-order valence-electron chi connectivity index (χ0n) is 15.3. The van der Waals surface area contributed by atoms with E-state index in [1.165, 1.54) is 5.56 Å². The van der Waals surface area contributed by atoms with Gasteiger partial charge in [0, 0.05) is 48.8 Å². The molecule has 2 aromatic rings. The minimum atomic E-state index is -3.06. The van der Waals surface area contributed by atoms with E-state index in [4.69, 9.17) is 11.6 Å². The molecular weight excluding hydrogens is 372 g/mol. The number of benzene rings is 1. The summed E-state index contributed by atoms with van der Waals surface area (Å²) in [7, 11) is -1.34. The second-order valence-corrected chi connectivity index (χ2v) is 10.4. The molecule has 2 N–H and O–H groups in total. The van der Waals surface area contributed by atoms with Crippen LogP contribution in [0.25, 0.3) is 10.9 Å². The van der Waals surface area contributed by atoms with Crippen LogP contribution in [0.3, 0.4) is 0 Å². The molecule has 6 nitrogen and oxygen atoms in total. The number of H-pyrrole nitrogens is 1. The normalized spacial score (nSPS) is 19.7. The number of aromatic nitrogens is 1. The van der Waals surface area contributed by atoms with Crippen LogP contribution in [0, 0.1) is 0 Å². The van der Waals surface area contributed by atoms with Gasteiger partial charge in [-0.15, -0.1) is 0 Å². The number of fused-ring (bicyclic) bond motifs is 1. The second kappa shape index (κ2) is 7.12. The fourth-order valence-electron chi connectivity index (χ4n) is 3.32. The fourth-order valence-corrected chi connectivity index (χ4v) is 4.86. The number of halogens is 1. The lowest BCUT2D eigenvalue weighted by Crippen LogP contribution is -2.57. The van der Waals surface area contributed by atoms with E-state index in [2.05, 4.69) is 15.3 Å². The maximum absolute atomic E-state index is 12.2. The summed E-state index contributed by atoms with van der Waals surface area (Å²) in [5.41, 5.74) is 2.25. The van der Waals surface area contributed by atoms with E-state index in [-0.39, 0.29) is 5.75 Å². The molecule has 0 radical (unpaired) electrons. The van der Waals surface area contributed by atoms with Gasteiger partial charge in [0.1, 0.15) is 0 Å². The summed E-state index contributed by atoms with van der Waals surface area (Å²) >= 11 is 6.10. The molecule has 1 aromatic carbocycles. The Bertz CT molecular complexity index is 934. The van der Waals surface area contributed by atoms with Gasteiger partial charge in [0.25, 0.3) is 0 Å². The molecule has 26 heavy (non-hydrogen) atoms. The molecule has 0 atom stereocenters. The Hall–Kier alpha value is -1.73. The van der Waals surface area contributed by atoms with Crippen molar-refractivity contribution in [3.63, 3.8) is 0 Å². The fraction of sp³-hybridized carbons (Fsp3) is 0.500. The molecule has 1 saturated heterocycles. The molecule has 142 valence electrons. The molecule has 0 amide bonds. The minimum absolute atomic E-state index is 0.154. The van der Waals surface area contributed by atoms with Gasteiger partial charge in [-0.2, -0.15) is 0 Å². The van der Waals surface area contributed by atoms with Gasteiger partial charge in [-0.05, 0) is 44.0 Å². The predicted octanol–water partition coefficient (Wildman–Crippen LogP) is 2.45. The van der Waals surface area contributed by atoms with Crippen molar-refractivity contribution < 1.29 is 8.42 Å². The van der Waals surface area contributed by atoms with Gasteiger partial charge in [0.05, 0.1) is 10.5 Å². The van der Waals surface area contributed by atoms with E-state index in [9.17, 15) is 8.42 Å². The van der Waals surface area contributed by atoms with Crippen molar-refractivity contribution in [3.05, 3.63) is 35.0 Å². The lowest BCUT2D eigenvalue weighted by atomic mass is 10.1. The summed E-state index contributed by atoms with van der Waals surface area (Å²) in [6.07, 6.45) is 2.82. The molecule has 1 fully saturated rings. The zero-order chi connectivity index (χ0) is 18.9. The highest BCUT2D eigenvalue weighted by atomic mass is 35.5. The van der Waals surface area contributed by atoms with E-state index < -0.39 is 14.6 Å². The van der Waals surface area contributed by atoms with E-state index in [0.717, 1.165) is 28.3 Å². The van der Waals surface area contributed by atoms with Gasteiger partial charge in [-0.25, -0.2) is 8.42 Å². The van der Waals surface area contributed by atoms with Crippen LogP contribution in [0.4, 0.5) is 0 Å². The van der Waals surface area contributed by atoms with Crippen LogP contribution in [0.2, 0.25) is 5.02 Å². The van der Waals surface area contributed by atoms with Crippen LogP contribution in [0.5, 0.6) is 0 Å². The molecule has 0 bridgehead atoms. The molecule has 1 aliphatic rings. The number of hydrogen-bond acceptors (Lipinski definition) is 3. The first-order valence-corrected chi connectivity index (χ1v) is 10.7. The Labute approximate surface area is 159 Å². The van der Waals surface area contributed by atoms with Crippen LogP contribution >= 0.6 is 11.6 Å². The van der Waals surface area contributed by atoms with Crippen molar-refractivity contribution in [1.29, 1.82) is 0 Å². The largest absolute Gasteiger partial charge is 0.361 e. The Morgan fingerprint density at radius 2 is 2.19 bits per heavy atom. The Balaban J connectivity index is 1.64. The van der Waals surface area contributed by atoms with Crippen LogP contribution in [0.1, 0.15) is 19.4 Å². The third kappa shape index (κ3) is 3.69. The number of rotatable bonds is 3. The van der Waals surface area contributed by atoms with Crippen molar-refractivity contribution in [2.45, 2.75) is 25.0 Å². The smallest absolute Gasteiger partial charge is 0.193 e. The van der Waals surface area contributed by atoms with E-state index in [0.29, 0.717) is 19.6 Å². The average Bonchev–Trinajstić information content (AvgIpc) is 2.97. The van der Waals surface area contributed by atoms with E-state index >= 15 is 0 Å². The molecule has 1 aliphatic heterocycles. The summed E-state index contributed by atoms with van der Waals surface area (Å²) in [4.78, 5) is 9.61. The number of hydrogen-bond donors (Lipinski definition) is 2. The van der Waals surface area contributed by atoms with Gasteiger partial charge >= 0.3 is 0 Å². The molecule has 0 saturated carbocycles. The van der Waals surface area contributed by atoms with E-state index in [1.54, 1.807) is 20.9 Å². The topological polar surface area (TPSA) is 77.6 Å². The zero-order valence-corrected chi connectivity index (χ0v) is 16.9. The summed E-state index contributed by atoms with van der Waals surface area (Å²) < 4.78 is 23.6. The maximum Gasteiger partial charge on any atom is 0.193 e. The van der Waals surface area contributed by atoms with Crippen molar-refractivity contribution in [3.8, 4) is 0 Å². The number of nitrogens with one attached hydrogen (secondary N) is 2. The SMILES string of the molecule is CN=C(NCCc1c[nH]c2ccc(Cl)cc12)N1CCS(=O)(=O)C(C)(C)C1. The molecule has 1 aromatic heterocycles. The summed E-state index contributed by atoms with van der Waals surface area (Å²) in [6.45, 7) is 5.16. The van der Waals surface area contributed by atoms with Crippen molar-refractivity contribution >= 4 is 38.3 Å². The van der Waals surface area contributed by atoms with Crippen LogP contribution in [-0.2, 0) is 16.3 Å². The first kappa shape index (κ1) is 19.0. The highest BCUT2D eigenvalue weighted by molar-refractivity contribution is 7.92. The van der Waals surface area contributed by atoms with Gasteiger partial charge in [-0.1, -0.05) is 11.6 Å². The molecule has 8 heteroatoms. The molecule has 3 rings (SSSR count). The van der Waals surface area contributed by atoms with Crippen molar-refractivity contribution in [1.82, 2.24) is 15.2 Å². The highest BCUT2D eigenvalue weighted by Gasteiger charge is 2.40. The molecule has 0 aliphatic carbocycles. The average molecular weight is 397 g/mol. The maximum atomic E-state index is 12.2. The van der Waals surface area contributed by atoms with Gasteiger partial charge in [0.2, 0.25) is 0 Å². The molecular formula is C18H25ClN4O2S. The second-order valence-electron chi connectivity index (χ2n) is 7.23. The monoisotopic (exact) mass is 396 g/mol. The first-order valence-electron chi connectivity index (χ1n) is 8.67. The van der Waals surface area contributed by atoms with Crippen molar-refractivity contribution in [2.75, 3.05) is 32.4 Å². The third-order valence-electron chi connectivity index (χ3n) is 4.96. The van der Waals surface area contributed by atoms with Crippen LogP contribution in [-0.4, -0.2) is 61.4 Å². The standard InChI is InChI=1S/C18H25ClN4O2S/c1-18(2)12-23(8-9-26(18,24)25)17(20-3)21-7-6-13-11-22-16-5-4-14(19)10-15(13)16/h4-5,10-11,22H,6-9,12H2,1-3H3,(H,20,21). The number of guanidine groups is 1. The molecule has 2 heterocycles. The number of aliphatic imine (C=N–C) groups is 1. The van der Waals surface area contributed by atoms with Gasteiger partial charge in [0.15, 0.2) is 15.8 Å².